The summed E-state index contributed by atoms with van der Waals surface area (Å²) in [7, 11) is 0. The molecular formula is C30H25F8N3O8. The second-order valence-electron chi connectivity index (χ2n) is 10.5. The van der Waals surface area contributed by atoms with E-state index in [0.29, 0.717) is 0 Å². The molecule has 1 aliphatic heterocycles. The van der Waals surface area contributed by atoms with Crippen LogP contribution in [0.1, 0.15) is 38.9 Å². The van der Waals surface area contributed by atoms with Gasteiger partial charge in [0.1, 0.15) is 30.9 Å². The first kappa shape index (κ1) is 36.8. The van der Waals surface area contributed by atoms with E-state index in [1.54, 1.807) is 41.7 Å². The van der Waals surface area contributed by atoms with E-state index in [1.807, 2.05) is 0 Å². The van der Waals surface area contributed by atoms with Crippen molar-refractivity contribution in [1.82, 2.24) is 9.55 Å². The Morgan fingerprint density at radius 3 is 2.08 bits per heavy atom. The molecule has 11 nitrogen and oxygen atoms in total. The van der Waals surface area contributed by atoms with E-state index in [1.165, 1.54) is 31.2 Å². The molecule has 0 radical (unpaired) electrons. The number of nitrogens with zero attached hydrogens (tertiary/aromatic N) is 2. The van der Waals surface area contributed by atoms with Gasteiger partial charge in [0, 0.05) is 18.2 Å². The normalized spacial score (nSPS) is 18.2. The van der Waals surface area contributed by atoms with Crippen LogP contribution in [0.15, 0.2) is 71.7 Å². The minimum absolute atomic E-state index is 0.0711. The molecule has 19 heteroatoms. The zero-order chi connectivity index (χ0) is 36.1. The Morgan fingerprint density at radius 1 is 0.939 bits per heavy atom. The molecule has 0 unspecified atom stereocenters. The van der Waals surface area contributed by atoms with Gasteiger partial charge in [-0.05, 0) is 31.2 Å². The fraction of sp³-hybridized carbons (Fsp3) is 0.367. The molecule has 1 aliphatic rings. The number of hydrogen-bond donors (Lipinski definition) is 1. The van der Waals surface area contributed by atoms with Crippen LogP contribution in [0.4, 0.5) is 45.7 Å². The highest BCUT2D eigenvalue weighted by Crippen LogP contribution is 2.48. The number of aromatic nitrogens is 2. The number of anilines is 1. The van der Waals surface area contributed by atoms with Gasteiger partial charge in [0.05, 0.1) is 11.1 Å². The standard InChI is InChI=1S/C30H25F8N3O8/c1-16-13-41(26(44)39-22(16)40-27(45)47-15-28(33,34)30(37,38)29(35,36)25(31)32)21-12-19(49-24(43)18-10-6-3-7-11-18)20(48-21)14-46-23(42)17-8-4-2-5-9-17/h2-11,13,19-21,25H,12,14-15H2,1H3,(H,39,40,44,45)/t19-,20+,21+/m0/s1. The molecule has 4 rings (SSSR count). The number of ether oxygens (including phenoxy) is 4. The van der Waals surface area contributed by atoms with Gasteiger partial charge < -0.3 is 18.9 Å². The van der Waals surface area contributed by atoms with Crippen molar-refractivity contribution in [2.24, 2.45) is 0 Å². The molecule has 0 aliphatic carbocycles. The molecule has 2 aromatic carbocycles. The molecule has 0 spiro atoms. The summed E-state index contributed by atoms with van der Waals surface area (Å²) in [6.07, 6.45) is -9.60. The predicted molar refractivity (Wildman–Crippen MR) is 150 cm³/mol. The number of amides is 1. The van der Waals surface area contributed by atoms with Crippen LogP contribution < -0.4 is 11.0 Å². The van der Waals surface area contributed by atoms with E-state index in [2.05, 4.69) is 9.72 Å². The van der Waals surface area contributed by atoms with Crippen molar-refractivity contribution in [2.75, 3.05) is 18.5 Å². The Bertz CT molecular complexity index is 1710. The lowest BCUT2D eigenvalue weighted by molar-refractivity contribution is -0.343. The lowest BCUT2D eigenvalue weighted by Gasteiger charge is -2.31. The molecule has 1 saturated heterocycles. The minimum atomic E-state index is -6.60. The van der Waals surface area contributed by atoms with E-state index in [-0.39, 0.29) is 23.1 Å². The number of rotatable bonds is 12. The number of alkyl halides is 8. The molecule has 2 heterocycles. The quantitative estimate of drug-likeness (QED) is 0.144. The molecule has 1 N–H and O–H groups in total. The molecular weight excluding hydrogens is 682 g/mol. The molecule has 0 saturated carbocycles. The SMILES string of the molecule is Cc1cn([C@H]2C[C@H](OC(=O)c3ccccc3)[C@@H](COC(=O)c3ccccc3)O2)c(=O)nc1NC(=O)OCC(F)(F)C(F)(F)C(F)(F)C(F)F. The van der Waals surface area contributed by atoms with Gasteiger partial charge in [0.2, 0.25) is 0 Å². The second-order valence-corrected chi connectivity index (χ2v) is 10.5. The average Bonchev–Trinajstić information content (AvgIpc) is 3.46. The van der Waals surface area contributed by atoms with Crippen molar-refractivity contribution in [2.45, 2.75) is 56.0 Å². The highest BCUT2D eigenvalue weighted by atomic mass is 19.4. The summed E-state index contributed by atoms with van der Waals surface area (Å²) < 4.78 is 127. The number of carbonyl (C=O) groups is 3. The maximum Gasteiger partial charge on any atom is 0.413 e. The van der Waals surface area contributed by atoms with Crippen molar-refractivity contribution in [3.8, 4) is 0 Å². The Hall–Kier alpha value is -5.07. The second kappa shape index (κ2) is 14.6. The number of nitrogens with one attached hydrogen (secondary N) is 1. The lowest BCUT2D eigenvalue weighted by Crippen LogP contribution is -2.59. The maximum absolute atomic E-state index is 13.7. The van der Waals surface area contributed by atoms with Gasteiger partial charge in [-0.3, -0.25) is 9.88 Å². The first-order valence-corrected chi connectivity index (χ1v) is 14.0. The fourth-order valence-electron chi connectivity index (χ4n) is 4.40. The molecule has 49 heavy (non-hydrogen) atoms. The maximum atomic E-state index is 13.7. The molecule has 3 aromatic rings. The van der Waals surface area contributed by atoms with Crippen molar-refractivity contribution in [3.63, 3.8) is 0 Å². The zero-order valence-electron chi connectivity index (χ0n) is 25.0. The van der Waals surface area contributed by atoms with Crippen LogP contribution in [0, 0.1) is 6.92 Å². The summed E-state index contributed by atoms with van der Waals surface area (Å²) in [5.74, 6) is -21.1. The number of hydrogen-bond acceptors (Lipinski definition) is 9. The zero-order valence-corrected chi connectivity index (χ0v) is 25.0. The van der Waals surface area contributed by atoms with E-state index in [9.17, 15) is 54.3 Å². The fourth-order valence-corrected chi connectivity index (χ4v) is 4.40. The van der Waals surface area contributed by atoms with Crippen LogP contribution in [0.25, 0.3) is 0 Å². The summed E-state index contributed by atoms with van der Waals surface area (Å²) in [5, 5.41) is 1.70. The molecule has 264 valence electrons. The third-order valence-corrected chi connectivity index (χ3v) is 7.04. The van der Waals surface area contributed by atoms with Crippen LogP contribution in [-0.2, 0) is 18.9 Å². The van der Waals surface area contributed by atoms with Crippen molar-refractivity contribution < 1.29 is 68.5 Å². The Kier molecular flexibility index (Phi) is 10.9. The lowest BCUT2D eigenvalue weighted by atomic mass is 10.1. The summed E-state index contributed by atoms with van der Waals surface area (Å²) in [5.41, 5.74) is -0.809. The molecule has 3 atom stereocenters. The Labute approximate surface area is 270 Å². The van der Waals surface area contributed by atoms with Crippen LogP contribution in [0.5, 0.6) is 0 Å². The number of benzene rings is 2. The van der Waals surface area contributed by atoms with E-state index in [4.69, 9.17) is 14.2 Å². The van der Waals surface area contributed by atoms with E-state index < -0.39 is 85.4 Å². The van der Waals surface area contributed by atoms with Crippen LogP contribution in [0.2, 0.25) is 0 Å². The number of aryl methyl sites for hydroxylation is 1. The third kappa shape index (κ3) is 8.15. The molecule has 1 fully saturated rings. The molecule has 0 bridgehead atoms. The van der Waals surface area contributed by atoms with E-state index in [0.717, 1.165) is 10.8 Å². The number of halogens is 8. The van der Waals surface area contributed by atoms with Crippen LogP contribution in [0.3, 0.4) is 0 Å². The van der Waals surface area contributed by atoms with Gasteiger partial charge in [-0.25, -0.2) is 28.0 Å². The van der Waals surface area contributed by atoms with Gasteiger partial charge in [-0.1, -0.05) is 36.4 Å². The van der Waals surface area contributed by atoms with Crippen molar-refractivity contribution in [1.29, 1.82) is 0 Å². The highest BCUT2D eigenvalue weighted by Gasteiger charge is 2.75. The first-order chi connectivity index (χ1) is 22.9. The summed E-state index contributed by atoms with van der Waals surface area (Å²) in [4.78, 5) is 53.8. The van der Waals surface area contributed by atoms with E-state index >= 15 is 0 Å². The average molecular weight is 708 g/mol. The van der Waals surface area contributed by atoms with Crippen molar-refractivity contribution in [3.05, 3.63) is 94.0 Å². The topological polar surface area (TPSA) is 135 Å². The smallest absolute Gasteiger partial charge is 0.413 e. The van der Waals surface area contributed by atoms with Gasteiger partial charge in [0.15, 0.2) is 6.61 Å². The largest absolute Gasteiger partial charge is 0.459 e. The molecule has 1 amide bonds. The predicted octanol–water partition coefficient (Wildman–Crippen LogP) is 5.64. The number of esters is 2. The summed E-state index contributed by atoms with van der Waals surface area (Å²) in [6, 6.07) is 15.7. The van der Waals surface area contributed by atoms with Gasteiger partial charge >= 0.3 is 47.9 Å². The Balaban J connectivity index is 1.47. The van der Waals surface area contributed by atoms with Gasteiger partial charge in [0.25, 0.3) is 0 Å². The molecule has 1 aromatic heterocycles. The summed E-state index contributed by atoms with van der Waals surface area (Å²) >= 11 is 0. The third-order valence-electron chi connectivity index (χ3n) is 7.04. The van der Waals surface area contributed by atoms with Crippen molar-refractivity contribution >= 4 is 23.8 Å². The van der Waals surface area contributed by atoms with Crippen LogP contribution in [-0.4, -0.2) is 77.2 Å². The highest BCUT2D eigenvalue weighted by molar-refractivity contribution is 5.90. The monoisotopic (exact) mass is 707 g/mol. The van der Waals surface area contributed by atoms with Gasteiger partial charge in [-0.2, -0.15) is 31.3 Å². The minimum Gasteiger partial charge on any atom is -0.459 e. The first-order valence-electron chi connectivity index (χ1n) is 14.0. The summed E-state index contributed by atoms with van der Waals surface area (Å²) in [6.45, 7) is -1.92. The Morgan fingerprint density at radius 2 is 1.51 bits per heavy atom. The van der Waals surface area contributed by atoms with Gasteiger partial charge in [-0.15, -0.1) is 0 Å². The van der Waals surface area contributed by atoms with Crippen LogP contribution >= 0.6 is 0 Å². The number of carbonyl (C=O) groups excluding carboxylic acids is 3.